The molecule has 1 aliphatic carbocycles. The Morgan fingerprint density at radius 3 is 2.44 bits per heavy atom. The van der Waals surface area contributed by atoms with Gasteiger partial charge in [-0.05, 0) is 49.3 Å². The Balaban J connectivity index is 1.36. The molecule has 0 atom stereocenters. The number of ether oxygens (including phenoxy) is 1. The predicted octanol–water partition coefficient (Wildman–Crippen LogP) is 5.82. The second kappa shape index (κ2) is 11.9. The van der Waals surface area contributed by atoms with Crippen LogP contribution in [0.25, 0.3) is 11.1 Å². The summed E-state index contributed by atoms with van der Waals surface area (Å²) in [6, 6.07) is 16.2. The van der Waals surface area contributed by atoms with Crippen LogP contribution in [-0.2, 0) is 16.0 Å². The molecule has 3 aromatic rings. The van der Waals surface area contributed by atoms with Crippen molar-refractivity contribution in [2.24, 2.45) is 5.92 Å². The van der Waals surface area contributed by atoms with Crippen LogP contribution >= 0.6 is 11.3 Å². The minimum atomic E-state index is -0.595. The number of carbonyl (C=O) groups is 3. The van der Waals surface area contributed by atoms with E-state index in [4.69, 9.17) is 0 Å². The molecule has 1 heterocycles. The van der Waals surface area contributed by atoms with E-state index in [2.05, 4.69) is 51.5 Å². The number of amides is 2. The first-order valence-corrected chi connectivity index (χ1v) is 13.2. The maximum Gasteiger partial charge on any atom is 0.407 e. The standard InChI is InChI=1S/C28H31N3O4S/c1-3-18-8-10-19(11-9-18)22-6-4-5-7-23(22)30-26(33)24-17-36-27(31-24)21-14-12-20(13-15-21)25(32)16-29-28(34)35-2/h4-11,17,20-21H,3,12-16H2,1-2H3,(H,29,34)(H,30,33). The Bertz CT molecular complexity index is 1210. The lowest BCUT2D eigenvalue weighted by molar-refractivity contribution is -0.122. The molecule has 0 saturated heterocycles. The zero-order valence-electron chi connectivity index (χ0n) is 20.6. The van der Waals surface area contributed by atoms with Crippen molar-refractivity contribution in [1.82, 2.24) is 10.3 Å². The van der Waals surface area contributed by atoms with E-state index >= 15 is 0 Å². The molecular weight excluding hydrogens is 474 g/mol. The van der Waals surface area contributed by atoms with Gasteiger partial charge >= 0.3 is 6.09 Å². The molecule has 8 heteroatoms. The average Bonchev–Trinajstić information content (AvgIpc) is 3.42. The monoisotopic (exact) mass is 505 g/mol. The summed E-state index contributed by atoms with van der Waals surface area (Å²) in [5.41, 5.74) is 4.45. The quantitative estimate of drug-likeness (QED) is 0.402. The number of rotatable bonds is 8. The molecule has 0 aliphatic heterocycles. The maximum atomic E-state index is 13.0. The number of hydrogen-bond donors (Lipinski definition) is 2. The van der Waals surface area contributed by atoms with Crippen LogP contribution in [-0.4, -0.2) is 36.4 Å². The van der Waals surface area contributed by atoms with Gasteiger partial charge in [0.1, 0.15) is 5.69 Å². The fraction of sp³-hybridized carbons (Fsp3) is 0.357. The molecule has 1 aliphatic rings. The molecule has 0 unspecified atom stereocenters. The van der Waals surface area contributed by atoms with E-state index in [0.717, 1.165) is 53.9 Å². The van der Waals surface area contributed by atoms with Crippen LogP contribution in [0.15, 0.2) is 53.9 Å². The van der Waals surface area contributed by atoms with E-state index in [1.165, 1.54) is 24.0 Å². The number of aryl methyl sites for hydroxylation is 1. The van der Waals surface area contributed by atoms with Crippen molar-refractivity contribution in [2.75, 3.05) is 19.0 Å². The molecule has 4 rings (SSSR count). The van der Waals surface area contributed by atoms with Crippen LogP contribution in [0, 0.1) is 5.92 Å². The topological polar surface area (TPSA) is 97.4 Å². The third kappa shape index (κ3) is 6.18. The number of thiazole rings is 1. The summed E-state index contributed by atoms with van der Waals surface area (Å²) in [5.74, 6) is -0.0310. The molecule has 0 radical (unpaired) electrons. The minimum absolute atomic E-state index is 0.00615. The van der Waals surface area contributed by atoms with Crippen molar-refractivity contribution >= 4 is 34.8 Å². The molecule has 36 heavy (non-hydrogen) atoms. The molecule has 2 amide bonds. The SMILES string of the molecule is CCc1ccc(-c2ccccc2NC(=O)c2csc(C3CCC(C(=O)CNC(=O)OC)CC3)n2)cc1. The first kappa shape index (κ1) is 25.6. The molecule has 2 aromatic carbocycles. The summed E-state index contributed by atoms with van der Waals surface area (Å²) < 4.78 is 4.52. The van der Waals surface area contributed by atoms with Crippen LogP contribution in [0.3, 0.4) is 0 Å². The third-order valence-corrected chi connectivity index (χ3v) is 7.73. The fourth-order valence-electron chi connectivity index (χ4n) is 4.57. The van der Waals surface area contributed by atoms with Crippen LogP contribution in [0.5, 0.6) is 0 Å². The number of nitrogens with one attached hydrogen (secondary N) is 2. The van der Waals surface area contributed by atoms with E-state index in [1.54, 1.807) is 5.38 Å². The number of benzene rings is 2. The van der Waals surface area contributed by atoms with E-state index < -0.39 is 6.09 Å². The Kier molecular flexibility index (Phi) is 8.48. The van der Waals surface area contributed by atoms with Crippen LogP contribution in [0.1, 0.15) is 59.6 Å². The summed E-state index contributed by atoms with van der Waals surface area (Å²) in [4.78, 5) is 41.2. The molecule has 0 spiro atoms. The Labute approximate surface area is 215 Å². The van der Waals surface area contributed by atoms with Gasteiger partial charge in [-0.15, -0.1) is 11.3 Å². The number of nitrogens with zero attached hydrogens (tertiary/aromatic N) is 1. The smallest absolute Gasteiger partial charge is 0.407 e. The minimum Gasteiger partial charge on any atom is -0.453 e. The van der Waals surface area contributed by atoms with Crippen LogP contribution in [0.2, 0.25) is 0 Å². The van der Waals surface area contributed by atoms with Crippen molar-refractivity contribution < 1.29 is 19.1 Å². The highest BCUT2D eigenvalue weighted by Gasteiger charge is 2.29. The van der Waals surface area contributed by atoms with Crippen molar-refractivity contribution in [3.63, 3.8) is 0 Å². The molecule has 7 nitrogen and oxygen atoms in total. The van der Waals surface area contributed by atoms with E-state index in [1.807, 2.05) is 24.3 Å². The lowest BCUT2D eigenvalue weighted by Gasteiger charge is -2.26. The number of ketones is 1. The molecule has 188 valence electrons. The molecule has 1 fully saturated rings. The zero-order chi connectivity index (χ0) is 25.5. The van der Waals surface area contributed by atoms with Gasteiger partial charge in [-0.3, -0.25) is 9.59 Å². The number of anilines is 1. The van der Waals surface area contributed by atoms with Crippen molar-refractivity contribution in [3.05, 3.63) is 70.2 Å². The highest BCUT2D eigenvalue weighted by atomic mass is 32.1. The summed E-state index contributed by atoms with van der Waals surface area (Å²) in [6.07, 6.45) is 3.55. The average molecular weight is 506 g/mol. The van der Waals surface area contributed by atoms with Crippen LogP contribution in [0.4, 0.5) is 10.5 Å². The largest absolute Gasteiger partial charge is 0.453 e. The van der Waals surface area contributed by atoms with Crippen LogP contribution < -0.4 is 10.6 Å². The highest BCUT2D eigenvalue weighted by Crippen LogP contribution is 2.37. The number of alkyl carbamates (subject to hydrolysis) is 1. The summed E-state index contributed by atoms with van der Waals surface area (Å²) in [6.45, 7) is 2.12. The Morgan fingerprint density at radius 2 is 1.75 bits per heavy atom. The second-order valence-electron chi connectivity index (χ2n) is 8.98. The summed E-state index contributed by atoms with van der Waals surface area (Å²) in [5, 5.41) is 8.24. The zero-order valence-corrected chi connectivity index (χ0v) is 21.4. The molecule has 1 saturated carbocycles. The molecule has 0 bridgehead atoms. The van der Waals surface area contributed by atoms with Gasteiger partial charge in [0.2, 0.25) is 0 Å². The number of Topliss-reactive ketones (excluding diaryl/α,β-unsaturated/α-hetero) is 1. The van der Waals surface area contributed by atoms with Gasteiger partial charge in [-0.2, -0.15) is 0 Å². The van der Waals surface area contributed by atoms with Gasteiger partial charge in [0.25, 0.3) is 5.91 Å². The Morgan fingerprint density at radius 1 is 1.03 bits per heavy atom. The van der Waals surface area contributed by atoms with Gasteiger partial charge in [0, 0.05) is 28.5 Å². The lowest BCUT2D eigenvalue weighted by Crippen LogP contribution is -2.34. The van der Waals surface area contributed by atoms with Gasteiger partial charge < -0.3 is 15.4 Å². The first-order valence-electron chi connectivity index (χ1n) is 12.3. The molecule has 2 N–H and O–H groups in total. The second-order valence-corrected chi connectivity index (χ2v) is 9.87. The predicted molar refractivity (Wildman–Crippen MR) is 141 cm³/mol. The third-order valence-electron chi connectivity index (χ3n) is 6.73. The van der Waals surface area contributed by atoms with Crippen molar-refractivity contribution in [1.29, 1.82) is 0 Å². The maximum absolute atomic E-state index is 13.0. The van der Waals surface area contributed by atoms with E-state index in [0.29, 0.717) is 5.69 Å². The number of methoxy groups -OCH3 is 1. The Hall–Kier alpha value is -3.52. The van der Waals surface area contributed by atoms with Crippen molar-refractivity contribution in [2.45, 2.75) is 44.9 Å². The number of para-hydroxylation sites is 1. The number of carbonyl (C=O) groups excluding carboxylic acids is 3. The summed E-state index contributed by atoms with van der Waals surface area (Å²) >= 11 is 1.50. The van der Waals surface area contributed by atoms with Gasteiger partial charge in [0.15, 0.2) is 5.78 Å². The van der Waals surface area contributed by atoms with E-state index in [-0.39, 0.29) is 30.1 Å². The van der Waals surface area contributed by atoms with E-state index in [9.17, 15) is 14.4 Å². The van der Waals surface area contributed by atoms with Gasteiger partial charge in [-0.25, -0.2) is 9.78 Å². The number of aromatic nitrogens is 1. The summed E-state index contributed by atoms with van der Waals surface area (Å²) in [7, 11) is 1.28. The molecule has 1 aromatic heterocycles. The molecular formula is C28H31N3O4S. The highest BCUT2D eigenvalue weighted by molar-refractivity contribution is 7.10. The number of hydrogen-bond acceptors (Lipinski definition) is 6. The first-order chi connectivity index (χ1) is 17.5. The van der Waals surface area contributed by atoms with Gasteiger partial charge in [-0.1, -0.05) is 49.4 Å². The fourth-order valence-corrected chi connectivity index (χ4v) is 5.54. The lowest BCUT2D eigenvalue weighted by atomic mass is 9.80. The van der Waals surface area contributed by atoms with Crippen molar-refractivity contribution in [3.8, 4) is 11.1 Å². The van der Waals surface area contributed by atoms with Gasteiger partial charge in [0.05, 0.1) is 18.7 Å². The normalized spacial score (nSPS) is 17.3.